The SMILES string of the molecule is C/C=C(/C(=O)C1COc2ccc(Cl)cc2C1)c1ncc(-c2cn[nH]c2C)cc1C(C)C. The third-order valence-corrected chi connectivity index (χ3v) is 6.02. The first-order valence-corrected chi connectivity index (χ1v) is 10.9. The summed E-state index contributed by atoms with van der Waals surface area (Å²) in [7, 11) is 0. The van der Waals surface area contributed by atoms with Crippen LogP contribution in [0.5, 0.6) is 5.75 Å². The number of halogens is 1. The monoisotopic (exact) mass is 435 g/mol. The van der Waals surface area contributed by atoms with Crippen molar-refractivity contribution in [3.63, 3.8) is 0 Å². The molecule has 31 heavy (non-hydrogen) atoms. The zero-order valence-corrected chi connectivity index (χ0v) is 19.0. The number of hydrogen-bond acceptors (Lipinski definition) is 4. The Labute approximate surface area is 187 Å². The number of carbonyl (C=O) groups excluding carboxylic acids is 1. The third kappa shape index (κ3) is 4.15. The Bertz CT molecular complexity index is 1160. The molecule has 3 heterocycles. The number of rotatable bonds is 5. The molecule has 1 unspecified atom stereocenters. The second kappa shape index (κ2) is 8.67. The van der Waals surface area contributed by atoms with Crippen LogP contribution in [0.2, 0.25) is 5.02 Å². The van der Waals surface area contributed by atoms with Crippen LogP contribution < -0.4 is 4.74 Å². The normalized spacial score (nSPS) is 16.2. The van der Waals surface area contributed by atoms with E-state index >= 15 is 0 Å². The molecule has 0 saturated heterocycles. The largest absolute Gasteiger partial charge is 0.493 e. The van der Waals surface area contributed by atoms with Gasteiger partial charge in [0.2, 0.25) is 0 Å². The van der Waals surface area contributed by atoms with Gasteiger partial charge in [-0.15, -0.1) is 0 Å². The number of allylic oxidation sites excluding steroid dienone is 2. The van der Waals surface area contributed by atoms with Crippen LogP contribution in [0.15, 0.2) is 42.7 Å². The minimum atomic E-state index is -0.269. The van der Waals surface area contributed by atoms with Crippen molar-refractivity contribution in [1.82, 2.24) is 15.2 Å². The number of aromatic nitrogens is 3. The van der Waals surface area contributed by atoms with Gasteiger partial charge in [-0.2, -0.15) is 5.10 Å². The molecule has 1 N–H and O–H groups in total. The lowest BCUT2D eigenvalue weighted by atomic mass is 9.85. The van der Waals surface area contributed by atoms with Gasteiger partial charge in [0.1, 0.15) is 5.75 Å². The predicted octanol–water partition coefficient (Wildman–Crippen LogP) is 5.78. The second-order valence-corrected chi connectivity index (χ2v) is 8.69. The molecule has 5 nitrogen and oxygen atoms in total. The van der Waals surface area contributed by atoms with Crippen LogP contribution in [0.25, 0.3) is 16.7 Å². The number of carbonyl (C=O) groups is 1. The van der Waals surface area contributed by atoms with E-state index < -0.39 is 0 Å². The van der Waals surface area contributed by atoms with Gasteiger partial charge in [-0.1, -0.05) is 31.5 Å². The van der Waals surface area contributed by atoms with Crippen molar-refractivity contribution in [3.05, 3.63) is 70.3 Å². The number of aromatic amines is 1. The topological polar surface area (TPSA) is 67.9 Å². The van der Waals surface area contributed by atoms with E-state index in [4.69, 9.17) is 21.3 Å². The smallest absolute Gasteiger partial charge is 0.171 e. The maximum absolute atomic E-state index is 13.5. The molecule has 0 fully saturated rings. The van der Waals surface area contributed by atoms with Crippen molar-refractivity contribution < 1.29 is 9.53 Å². The average molecular weight is 436 g/mol. The molecule has 1 aromatic carbocycles. The van der Waals surface area contributed by atoms with Crippen molar-refractivity contribution in [2.24, 2.45) is 5.92 Å². The predicted molar refractivity (Wildman–Crippen MR) is 123 cm³/mol. The molecule has 4 rings (SSSR count). The van der Waals surface area contributed by atoms with Gasteiger partial charge in [-0.25, -0.2) is 0 Å². The summed E-state index contributed by atoms with van der Waals surface area (Å²) in [5.41, 5.74) is 6.38. The first-order chi connectivity index (χ1) is 14.9. The summed E-state index contributed by atoms with van der Waals surface area (Å²) in [6, 6.07) is 7.67. The molecule has 1 aliphatic heterocycles. The van der Waals surface area contributed by atoms with Gasteiger partial charge in [0.25, 0.3) is 0 Å². The highest BCUT2D eigenvalue weighted by molar-refractivity contribution is 6.30. The van der Waals surface area contributed by atoms with Crippen LogP contribution in [-0.4, -0.2) is 27.6 Å². The molecular weight excluding hydrogens is 410 g/mol. The minimum Gasteiger partial charge on any atom is -0.493 e. The highest BCUT2D eigenvalue weighted by Gasteiger charge is 2.30. The van der Waals surface area contributed by atoms with Crippen molar-refractivity contribution >= 4 is 23.0 Å². The van der Waals surface area contributed by atoms with E-state index in [1.807, 2.05) is 44.3 Å². The fourth-order valence-electron chi connectivity index (χ4n) is 4.08. The fourth-order valence-corrected chi connectivity index (χ4v) is 4.28. The number of ether oxygens (including phenoxy) is 1. The highest BCUT2D eigenvalue weighted by atomic mass is 35.5. The first kappa shape index (κ1) is 21.3. The van der Waals surface area contributed by atoms with E-state index in [0.717, 1.165) is 39.4 Å². The van der Waals surface area contributed by atoms with E-state index in [1.54, 1.807) is 6.20 Å². The van der Waals surface area contributed by atoms with Crippen molar-refractivity contribution in [2.75, 3.05) is 6.61 Å². The van der Waals surface area contributed by atoms with Crippen molar-refractivity contribution in [1.29, 1.82) is 0 Å². The number of fused-ring (bicyclic) bond motifs is 1. The lowest BCUT2D eigenvalue weighted by Gasteiger charge is -2.26. The maximum atomic E-state index is 13.5. The number of benzene rings is 1. The Hall–Kier alpha value is -2.92. The van der Waals surface area contributed by atoms with E-state index in [1.165, 1.54) is 0 Å². The molecule has 1 atom stereocenters. The zero-order valence-electron chi connectivity index (χ0n) is 18.2. The van der Waals surface area contributed by atoms with Crippen molar-refractivity contribution in [2.45, 2.75) is 40.0 Å². The molecule has 1 aliphatic rings. The zero-order chi connectivity index (χ0) is 22.1. The summed E-state index contributed by atoms with van der Waals surface area (Å²) in [6.45, 7) is 8.47. The number of hydrogen-bond donors (Lipinski definition) is 1. The summed E-state index contributed by atoms with van der Waals surface area (Å²) in [6.07, 6.45) is 6.10. The number of ketones is 1. The lowest BCUT2D eigenvalue weighted by Crippen LogP contribution is -2.29. The number of pyridine rings is 1. The molecule has 0 amide bonds. The number of aryl methyl sites for hydroxylation is 1. The quantitative estimate of drug-likeness (QED) is 0.515. The Balaban J connectivity index is 1.67. The van der Waals surface area contributed by atoms with Crippen LogP contribution >= 0.6 is 11.6 Å². The average Bonchev–Trinajstić information content (AvgIpc) is 3.19. The second-order valence-electron chi connectivity index (χ2n) is 8.26. The van der Waals surface area contributed by atoms with Gasteiger partial charge in [0.15, 0.2) is 5.78 Å². The lowest BCUT2D eigenvalue weighted by molar-refractivity contribution is -0.118. The molecule has 0 aliphatic carbocycles. The van der Waals surface area contributed by atoms with Crippen LogP contribution in [-0.2, 0) is 11.2 Å². The van der Waals surface area contributed by atoms with Crippen LogP contribution in [0.4, 0.5) is 0 Å². The molecule has 2 aromatic heterocycles. The molecular formula is C25H26ClN3O2. The minimum absolute atomic E-state index is 0.0507. The third-order valence-electron chi connectivity index (χ3n) is 5.79. The number of H-pyrrole nitrogens is 1. The van der Waals surface area contributed by atoms with Gasteiger partial charge in [-0.3, -0.25) is 14.9 Å². The van der Waals surface area contributed by atoms with Crippen LogP contribution in [0.1, 0.15) is 49.2 Å². The molecule has 0 spiro atoms. The summed E-state index contributed by atoms with van der Waals surface area (Å²) < 4.78 is 5.86. The van der Waals surface area contributed by atoms with Gasteiger partial charge in [-0.05, 0) is 61.6 Å². The Morgan fingerprint density at radius 3 is 2.77 bits per heavy atom. The summed E-state index contributed by atoms with van der Waals surface area (Å²) in [5, 5.41) is 7.74. The number of nitrogens with one attached hydrogen (secondary N) is 1. The van der Waals surface area contributed by atoms with E-state index in [2.05, 4.69) is 30.1 Å². The van der Waals surface area contributed by atoms with E-state index in [9.17, 15) is 4.79 Å². The molecule has 0 bridgehead atoms. The Kier molecular flexibility index (Phi) is 5.96. The first-order valence-electron chi connectivity index (χ1n) is 10.5. The van der Waals surface area contributed by atoms with E-state index in [0.29, 0.717) is 23.6 Å². The molecule has 3 aromatic rings. The van der Waals surface area contributed by atoms with Crippen LogP contribution in [0, 0.1) is 12.8 Å². The summed E-state index contributed by atoms with van der Waals surface area (Å²) >= 11 is 6.14. The Morgan fingerprint density at radius 1 is 1.29 bits per heavy atom. The van der Waals surface area contributed by atoms with E-state index in [-0.39, 0.29) is 17.6 Å². The molecule has 6 heteroatoms. The van der Waals surface area contributed by atoms with Crippen molar-refractivity contribution in [3.8, 4) is 16.9 Å². The maximum Gasteiger partial charge on any atom is 0.171 e. The number of Topliss-reactive ketones (excluding diaryl/α,β-unsaturated/α-hetero) is 1. The Morgan fingerprint density at radius 2 is 2.10 bits per heavy atom. The van der Waals surface area contributed by atoms with Gasteiger partial charge in [0.05, 0.1) is 24.4 Å². The molecule has 0 radical (unpaired) electrons. The summed E-state index contributed by atoms with van der Waals surface area (Å²) in [5.74, 6) is 0.792. The molecule has 0 saturated carbocycles. The van der Waals surface area contributed by atoms with Gasteiger partial charge in [0, 0.05) is 33.6 Å². The van der Waals surface area contributed by atoms with Crippen LogP contribution in [0.3, 0.4) is 0 Å². The van der Waals surface area contributed by atoms with Gasteiger partial charge >= 0.3 is 0 Å². The summed E-state index contributed by atoms with van der Waals surface area (Å²) in [4.78, 5) is 18.3. The molecule has 160 valence electrons. The standard InChI is InChI=1S/C25H26ClN3O2/c1-5-20(25(30)18-8-16-9-19(26)6-7-23(16)31-13-18)24-21(14(2)3)10-17(11-27-24)22-12-28-29-15(22)4/h5-7,9-12,14,18H,8,13H2,1-4H3,(H,28,29)/b20-5+. The fraction of sp³-hybridized carbons (Fsp3) is 0.320. The number of nitrogens with zero attached hydrogens (tertiary/aromatic N) is 2. The highest BCUT2D eigenvalue weighted by Crippen LogP contribution is 2.35. The van der Waals surface area contributed by atoms with Gasteiger partial charge < -0.3 is 4.74 Å².